The molecular weight excluding hydrogens is 578 g/mol. The normalized spacial score (nSPS) is 19.4. The summed E-state index contributed by atoms with van der Waals surface area (Å²) in [6, 6.07) is -3.95. The third-order valence-electron chi connectivity index (χ3n) is 5.30. The van der Waals surface area contributed by atoms with Gasteiger partial charge < -0.3 is 29.3 Å². The van der Waals surface area contributed by atoms with Crippen LogP contribution in [-0.2, 0) is 43.9 Å². The van der Waals surface area contributed by atoms with Gasteiger partial charge in [0.1, 0.15) is 11.9 Å². The Balaban J connectivity index is 0.00000648. The van der Waals surface area contributed by atoms with Gasteiger partial charge in [0.2, 0.25) is 11.8 Å². The number of nitrogens with zero attached hydrogens (tertiary/aromatic N) is 3. The Morgan fingerprint density at radius 3 is 2.39 bits per heavy atom. The number of β-lactam (4-membered cyclic amide) rings is 1. The molecule has 196 valence electrons. The molecule has 1 aromatic rings. The van der Waals surface area contributed by atoms with Crippen LogP contribution in [0.25, 0.3) is 0 Å². The largest absolute Gasteiger partial charge is 1.00 e. The smallest absolute Gasteiger partial charge is 0.731 e. The number of nitrogens with one attached hydrogen (secondary N) is 1. The average molecular weight is 599 g/mol. The van der Waals surface area contributed by atoms with Gasteiger partial charge in [-0.25, -0.2) is 22.5 Å². The first-order valence-electron chi connectivity index (χ1n) is 9.67. The van der Waals surface area contributed by atoms with Crippen molar-refractivity contribution < 1.29 is 80.8 Å². The van der Waals surface area contributed by atoms with Gasteiger partial charge >= 0.3 is 43.1 Å². The second-order valence-corrected chi connectivity index (χ2v) is 11.3. The standard InChI is InChI=1S/C16H22ClN4O11PS2.Na/c1-4-16(33(26,27)28,8-7-34-15(18-8)19-9(22)6-17)14(25)20(5-2)10-11(13(24)32-3)21(12(10)23)35(29,30)31;/h7,10-11H,4-6H2,1-3H3,(H,18,19,22)(H2,26,27,28)(H,29,30,31);/q;+1/p-1. The molecule has 1 fully saturated rings. The molecule has 3 N–H and O–H groups in total. The monoisotopic (exact) mass is 598 g/mol. The van der Waals surface area contributed by atoms with Crippen molar-refractivity contribution in [1.82, 2.24) is 14.2 Å². The Morgan fingerprint density at radius 1 is 1.39 bits per heavy atom. The van der Waals surface area contributed by atoms with Gasteiger partial charge in [0, 0.05) is 11.9 Å². The van der Waals surface area contributed by atoms with E-state index in [-0.39, 0.29) is 39.0 Å². The summed E-state index contributed by atoms with van der Waals surface area (Å²) in [5, 5.41) is 0.598. The topological polar surface area (TPSA) is 224 Å². The van der Waals surface area contributed by atoms with Gasteiger partial charge in [-0.05, 0) is 13.3 Å². The molecule has 2 heterocycles. The maximum atomic E-state index is 13.7. The summed E-state index contributed by atoms with van der Waals surface area (Å²) in [6.45, 7) is 2.15. The summed E-state index contributed by atoms with van der Waals surface area (Å²) < 4.78 is 51.3. The molecular formula is C16H21ClN4NaO11PS2. The molecule has 15 nitrogen and oxygen atoms in total. The van der Waals surface area contributed by atoms with Crippen LogP contribution in [0, 0.1) is 0 Å². The van der Waals surface area contributed by atoms with Crippen molar-refractivity contribution in [2.75, 3.05) is 24.9 Å². The molecule has 0 bridgehead atoms. The maximum Gasteiger partial charge on any atom is 1.00 e. The Hall–Kier alpha value is -1.14. The van der Waals surface area contributed by atoms with E-state index in [9.17, 15) is 46.5 Å². The first-order chi connectivity index (χ1) is 16.1. The van der Waals surface area contributed by atoms with Gasteiger partial charge in [-0.1, -0.05) is 6.92 Å². The molecule has 36 heavy (non-hydrogen) atoms. The van der Waals surface area contributed by atoms with Gasteiger partial charge in [-0.15, -0.1) is 22.9 Å². The van der Waals surface area contributed by atoms with Crippen molar-refractivity contribution in [2.45, 2.75) is 37.5 Å². The van der Waals surface area contributed by atoms with E-state index < -0.39 is 83.4 Å². The number of carbonyl (C=O) groups is 4. The fraction of sp³-hybridized carbons (Fsp3) is 0.562. The third-order valence-corrected chi connectivity index (χ3v) is 8.92. The molecule has 0 spiro atoms. The number of halogens is 1. The van der Waals surface area contributed by atoms with Crippen LogP contribution in [0.5, 0.6) is 0 Å². The van der Waals surface area contributed by atoms with E-state index >= 15 is 0 Å². The van der Waals surface area contributed by atoms with Gasteiger partial charge in [-0.2, -0.15) is 0 Å². The molecule has 3 atom stereocenters. The van der Waals surface area contributed by atoms with Crippen LogP contribution >= 0.6 is 30.5 Å². The fourth-order valence-corrected chi connectivity index (χ4v) is 6.61. The Bertz CT molecular complexity index is 1190. The van der Waals surface area contributed by atoms with Crippen LogP contribution in [0.3, 0.4) is 0 Å². The number of hydrogen-bond acceptors (Lipinski definition) is 11. The summed E-state index contributed by atoms with van der Waals surface area (Å²) in [5.41, 5.74) is -0.443. The fourth-order valence-electron chi connectivity index (χ4n) is 3.65. The SMILES string of the molecule is CCN(C(=O)C(CC)(c1csc(NC(=O)CCl)n1)P(=O)(O)O)C1C(=O)N(S(=O)(=O)[O-])C1C(=O)OC.[Na+]. The number of anilines is 1. The summed E-state index contributed by atoms with van der Waals surface area (Å²) in [7, 11) is -10.0. The van der Waals surface area contributed by atoms with Gasteiger partial charge in [0.15, 0.2) is 26.6 Å². The number of thiazole rings is 1. The number of methoxy groups -OCH3 is 1. The van der Waals surface area contributed by atoms with Crippen molar-refractivity contribution in [1.29, 1.82) is 0 Å². The number of likely N-dealkylation sites (N-methyl/N-ethyl adjacent to an activating group) is 1. The number of ether oxygens (including phenoxy) is 1. The van der Waals surface area contributed by atoms with E-state index in [4.69, 9.17) is 11.6 Å². The number of alkyl halides is 1. The summed E-state index contributed by atoms with van der Waals surface area (Å²) in [5.74, 6) is -5.25. The molecule has 3 unspecified atom stereocenters. The van der Waals surface area contributed by atoms with Crippen LogP contribution in [0.15, 0.2) is 5.38 Å². The summed E-state index contributed by atoms with van der Waals surface area (Å²) in [6.07, 6.45) is -0.549. The minimum absolute atomic E-state index is 0. The quantitative estimate of drug-likeness (QED) is 0.0588. The number of rotatable bonds is 10. The van der Waals surface area contributed by atoms with E-state index in [0.29, 0.717) is 4.90 Å². The molecule has 20 heteroatoms. The second kappa shape index (κ2) is 12.1. The van der Waals surface area contributed by atoms with Gasteiger partial charge in [0.05, 0.1) is 12.8 Å². The zero-order valence-corrected chi connectivity index (χ0v) is 24.7. The zero-order valence-electron chi connectivity index (χ0n) is 19.4. The molecule has 0 aromatic carbocycles. The molecule has 1 aliphatic heterocycles. The third kappa shape index (κ3) is 5.80. The molecule has 1 aromatic heterocycles. The molecule has 2 rings (SSSR count). The molecule has 1 saturated heterocycles. The minimum atomic E-state index is -5.47. The van der Waals surface area contributed by atoms with Crippen molar-refractivity contribution in [3.63, 3.8) is 0 Å². The number of carbonyl (C=O) groups excluding carboxylic acids is 4. The van der Waals surface area contributed by atoms with Crippen LogP contribution in [-0.4, -0.2) is 92.3 Å². The second-order valence-electron chi connectivity index (χ2n) is 7.07. The minimum Gasteiger partial charge on any atom is -0.731 e. The molecule has 0 aliphatic carbocycles. The number of hydrogen-bond donors (Lipinski definition) is 3. The van der Waals surface area contributed by atoms with E-state index in [1.807, 2.05) is 0 Å². The first kappa shape index (κ1) is 32.9. The van der Waals surface area contributed by atoms with Crippen LogP contribution in [0.2, 0.25) is 0 Å². The van der Waals surface area contributed by atoms with Crippen LogP contribution in [0.4, 0.5) is 5.13 Å². The maximum absolute atomic E-state index is 13.7. The predicted molar refractivity (Wildman–Crippen MR) is 119 cm³/mol. The van der Waals surface area contributed by atoms with Crippen molar-refractivity contribution in [3.8, 4) is 0 Å². The predicted octanol–water partition coefficient (Wildman–Crippen LogP) is -3.83. The molecule has 0 saturated carbocycles. The van der Waals surface area contributed by atoms with Crippen molar-refractivity contribution >= 4 is 69.7 Å². The Labute approximate surface area is 236 Å². The summed E-state index contributed by atoms with van der Waals surface area (Å²) in [4.78, 5) is 75.1. The van der Waals surface area contributed by atoms with Crippen molar-refractivity contribution in [3.05, 3.63) is 11.1 Å². The van der Waals surface area contributed by atoms with E-state index in [2.05, 4.69) is 15.0 Å². The van der Waals surface area contributed by atoms with E-state index in [1.165, 1.54) is 13.8 Å². The average Bonchev–Trinajstić information content (AvgIpc) is 3.21. The summed E-state index contributed by atoms with van der Waals surface area (Å²) >= 11 is 6.16. The van der Waals surface area contributed by atoms with Crippen LogP contribution < -0.4 is 34.9 Å². The molecule has 3 amide bonds. The first-order valence-corrected chi connectivity index (χ1v) is 14.1. The number of esters is 1. The molecule has 0 radical (unpaired) electrons. The van der Waals surface area contributed by atoms with Gasteiger partial charge in [-0.3, -0.25) is 18.9 Å². The Morgan fingerprint density at radius 2 is 1.97 bits per heavy atom. The van der Waals surface area contributed by atoms with Crippen molar-refractivity contribution in [2.24, 2.45) is 0 Å². The number of amides is 3. The van der Waals surface area contributed by atoms with E-state index in [1.54, 1.807) is 0 Å². The van der Waals surface area contributed by atoms with Gasteiger partial charge in [0.25, 0.3) is 5.91 Å². The molecule has 1 aliphatic rings. The van der Waals surface area contributed by atoms with Crippen LogP contribution in [0.1, 0.15) is 26.0 Å². The number of aromatic nitrogens is 1. The Kier molecular flexibility index (Phi) is 11.1. The van der Waals surface area contributed by atoms with E-state index in [0.717, 1.165) is 23.8 Å². The zero-order chi connectivity index (χ0) is 26.9.